The van der Waals surface area contributed by atoms with Crippen molar-refractivity contribution >= 4 is 16.0 Å². The highest BCUT2D eigenvalue weighted by atomic mass is 32.2. The third-order valence-corrected chi connectivity index (χ3v) is 3.56. The number of hydrogen-bond acceptors (Lipinski definition) is 5. The minimum atomic E-state index is -3.12. The van der Waals surface area contributed by atoms with Crippen LogP contribution in [0.2, 0.25) is 0 Å². The number of aliphatic imine (C=N–C) groups is 1. The zero-order valence-corrected chi connectivity index (χ0v) is 14.3. The van der Waals surface area contributed by atoms with Gasteiger partial charge in [0.2, 0.25) is 10.0 Å². The fourth-order valence-corrected chi connectivity index (χ4v) is 2.14. The molecular weight excluding hydrogens is 306 g/mol. The number of rotatable bonds is 8. The van der Waals surface area contributed by atoms with Crippen LogP contribution in [0.3, 0.4) is 0 Å². The van der Waals surface area contributed by atoms with E-state index in [4.69, 9.17) is 4.52 Å². The molecule has 0 aliphatic rings. The summed E-state index contributed by atoms with van der Waals surface area (Å²) in [6, 6.07) is 1.92. The SMILES string of the molecule is CN=C(NCCCNS(C)(=O)=O)NCc1cc(C(C)C)no1. The molecule has 0 aromatic carbocycles. The van der Waals surface area contributed by atoms with Gasteiger partial charge in [0.05, 0.1) is 18.5 Å². The molecule has 0 bridgehead atoms. The number of nitrogens with one attached hydrogen (secondary N) is 3. The molecular formula is C13H25N5O3S. The maximum atomic E-state index is 10.9. The molecule has 1 aromatic heterocycles. The van der Waals surface area contributed by atoms with Crippen molar-refractivity contribution < 1.29 is 12.9 Å². The van der Waals surface area contributed by atoms with Crippen LogP contribution < -0.4 is 15.4 Å². The van der Waals surface area contributed by atoms with Crippen molar-refractivity contribution in [3.05, 3.63) is 17.5 Å². The Morgan fingerprint density at radius 2 is 2.09 bits per heavy atom. The van der Waals surface area contributed by atoms with Gasteiger partial charge in [-0.05, 0) is 12.3 Å². The molecule has 0 aliphatic heterocycles. The van der Waals surface area contributed by atoms with E-state index in [1.807, 2.05) is 6.07 Å². The van der Waals surface area contributed by atoms with E-state index < -0.39 is 10.0 Å². The van der Waals surface area contributed by atoms with Crippen LogP contribution in [-0.2, 0) is 16.6 Å². The highest BCUT2D eigenvalue weighted by Crippen LogP contribution is 2.13. The molecule has 3 N–H and O–H groups in total. The summed E-state index contributed by atoms with van der Waals surface area (Å²) in [7, 11) is -1.45. The molecule has 0 fully saturated rings. The molecule has 0 saturated carbocycles. The lowest BCUT2D eigenvalue weighted by Crippen LogP contribution is -2.38. The Kier molecular flexibility index (Phi) is 7.33. The molecule has 0 saturated heterocycles. The summed E-state index contributed by atoms with van der Waals surface area (Å²) in [5.74, 6) is 1.70. The fraction of sp³-hybridized carbons (Fsp3) is 0.692. The first kappa shape index (κ1) is 18.4. The van der Waals surface area contributed by atoms with E-state index >= 15 is 0 Å². The lowest BCUT2D eigenvalue weighted by molar-refractivity contribution is 0.372. The van der Waals surface area contributed by atoms with Crippen molar-refractivity contribution in [3.63, 3.8) is 0 Å². The van der Waals surface area contributed by atoms with Crippen LogP contribution in [0, 0.1) is 0 Å². The standard InChI is InChI=1S/C13H25N5O3S/c1-10(2)12-8-11(21-18-12)9-16-13(14-3)15-6-5-7-17-22(4,19)20/h8,10,17H,5-7,9H2,1-4H3,(H2,14,15,16). The average molecular weight is 331 g/mol. The van der Waals surface area contributed by atoms with Crippen molar-refractivity contribution in [1.29, 1.82) is 0 Å². The highest BCUT2D eigenvalue weighted by molar-refractivity contribution is 7.88. The first-order chi connectivity index (χ1) is 10.3. The fourth-order valence-electron chi connectivity index (χ4n) is 1.63. The quantitative estimate of drug-likeness (QED) is 0.361. The molecule has 0 spiro atoms. The van der Waals surface area contributed by atoms with Crippen molar-refractivity contribution in [2.45, 2.75) is 32.7 Å². The first-order valence-corrected chi connectivity index (χ1v) is 9.05. The molecule has 0 unspecified atom stereocenters. The third kappa shape index (κ3) is 7.41. The van der Waals surface area contributed by atoms with E-state index in [-0.39, 0.29) is 0 Å². The highest BCUT2D eigenvalue weighted by Gasteiger charge is 2.08. The molecule has 0 amide bonds. The van der Waals surface area contributed by atoms with Crippen LogP contribution >= 0.6 is 0 Å². The van der Waals surface area contributed by atoms with Gasteiger partial charge in [-0.25, -0.2) is 13.1 Å². The summed E-state index contributed by atoms with van der Waals surface area (Å²) in [6.45, 7) is 5.60. The smallest absolute Gasteiger partial charge is 0.208 e. The Morgan fingerprint density at radius 1 is 1.36 bits per heavy atom. The van der Waals surface area contributed by atoms with Gasteiger partial charge >= 0.3 is 0 Å². The van der Waals surface area contributed by atoms with Crippen LogP contribution in [0.4, 0.5) is 0 Å². The Morgan fingerprint density at radius 3 is 2.64 bits per heavy atom. The number of guanidine groups is 1. The van der Waals surface area contributed by atoms with Crippen molar-refractivity contribution in [1.82, 2.24) is 20.5 Å². The molecule has 1 aromatic rings. The topological polar surface area (TPSA) is 109 Å². The van der Waals surface area contributed by atoms with Crippen molar-refractivity contribution in [3.8, 4) is 0 Å². The molecule has 9 heteroatoms. The zero-order chi connectivity index (χ0) is 16.6. The molecule has 8 nitrogen and oxygen atoms in total. The van der Waals surface area contributed by atoms with Gasteiger partial charge in [-0.1, -0.05) is 19.0 Å². The average Bonchev–Trinajstić information content (AvgIpc) is 2.89. The van der Waals surface area contributed by atoms with Gasteiger partial charge in [0, 0.05) is 26.2 Å². The Hall–Kier alpha value is -1.61. The third-order valence-electron chi connectivity index (χ3n) is 2.83. The second-order valence-electron chi connectivity index (χ2n) is 5.25. The number of aromatic nitrogens is 1. The van der Waals surface area contributed by atoms with Crippen LogP contribution in [0.5, 0.6) is 0 Å². The van der Waals surface area contributed by atoms with E-state index in [0.29, 0.717) is 37.9 Å². The molecule has 0 aliphatic carbocycles. The number of nitrogens with zero attached hydrogens (tertiary/aromatic N) is 2. The van der Waals surface area contributed by atoms with E-state index in [9.17, 15) is 8.42 Å². The van der Waals surface area contributed by atoms with Crippen LogP contribution in [0.25, 0.3) is 0 Å². The van der Waals surface area contributed by atoms with Crippen molar-refractivity contribution in [2.24, 2.45) is 4.99 Å². The molecule has 126 valence electrons. The summed E-state index contributed by atoms with van der Waals surface area (Å²) < 4.78 is 29.5. The maximum Gasteiger partial charge on any atom is 0.208 e. The predicted octanol–water partition coefficient (Wildman–Crippen LogP) is 0.402. The summed E-state index contributed by atoms with van der Waals surface area (Å²) in [5, 5.41) is 10.2. The first-order valence-electron chi connectivity index (χ1n) is 7.16. The summed E-state index contributed by atoms with van der Waals surface area (Å²) in [5.41, 5.74) is 0.923. The summed E-state index contributed by atoms with van der Waals surface area (Å²) >= 11 is 0. The Balaban J connectivity index is 2.27. The van der Waals surface area contributed by atoms with Gasteiger partial charge in [-0.15, -0.1) is 0 Å². The Labute approximate surface area is 131 Å². The van der Waals surface area contributed by atoms with Crippen molar-refractivity contribution in [2.75, 3.05) is 26.4 Å². The maximum absolute atomic E-state index is 10.9. The van der Waals surface area contributed by atoms with Gasteiger partial charge in [0.25, 0.3) is 0 Å². The lowest BCUT2D eigenvalue weighted by atomic mass is 10.1. The minimum Gasteiger partial charge on any atom is -0.359 e. The van der Waals surface area contributed by atoms with Crippen LogP contribution in [0.1, 0.15) is 37.6 Å². The van der Waals surface area contributed by atoms with E-state index in [1.54, 1.807) is 7.05 Å². The van der Waals surface area contributed by atoms with Gasteiger partial charge in [-0.2, -0.15) is 0 Å². The zero-order valence-electron chi connectivity index (χ0n) is 13.5. The summed E-state index contributed by atoms with van der Waals surface area (Å²) in [4.78, 5) is 4.09. The normalized spacial score (nSPS) is 12.7. The van der Waals surface area contributed by atoms with Crippen LogP contribution in [0.15, 0.2) is 15.6 Å². The van der Waals surface area contributed by atoms with Gasteiger partial charge in [0.15, 0.2) is 11.7 Å². The second-order valence-corrected chi connectivity index (χ2v) is 7.08. The van der Waals surface area contributed by atoms with Crippen LogP contribution in [-0.4, -0.2) is 45.9 Å². The molecule has 0 radical (unpaired) electrons. The molecule has 0 atom stereocenters. The lowest BCUT2D eigenvalue weighted by Gasteiger charge is -2.10. The Bertz CT molecular complexity index is 580. The largest absolute Gasteiger partial charge is 0.359 e. The van der Waals surface area contributed by atoms with E-state index in [0.717, 1.165) is 17.7 Å². The minimum absolute atomic E-state index is 0.331. The molecule has 22 heavy (non-hydrogen) atoms. The van der Waals surface area contributed by atoms with Gasteiger partial charge < -0.3 is 15.2 Å². The monoisotopic (exact) mass is 331 g/mol. The molecule has 1 rings (SSSR count). The predicted molar refractivity (Wildman–Crippen MR) is 86.3 cm³/mol. The number of hydrogen-bond donors (Lipinski definition) is 3. The van der Waals surface area contributed by atoms with Gasteiger partial charge in [-0.3, -0.25) is 4.99 Å². The summed E-state index contributed by atoms with van der Waals surface area (Å²) in [6.07, 6.45) is 1.80. The second kappa shape index (κ2) is 8.74. The van der Waals surface area contributed by atoms with E-state index in [2.05, 4.69) is 39.4 Å². The van der Waals surface area contributed by atoms with Gasteiger partial charge in [0.1, 0.15) is 0 Å². The van der Waals surface area contributed by atoms with E-state index in [1.165, 1.54) is 0 Å². The number of sulfonamides is 1. The molecule has 1 heterocycles.